The number of aromatic nitrogens is 2. The van der Waals surface area contributed by atoms with Crippen LogP contribution in [0, 0.1) is 13.8 Å². The van der Waals surface area contributed by atoms with Gasteiger partial charge in [-0.25, -0.2) is 0 Å². The lowest BCUT2D eigenvalue weighted by Crippen LogP contribution is -1.94. The predicted octanol–water partition coefficient (Wildman–Crippen LogP) is 2.33. The topological polar surface area (TPSA) is 59.2 Å². The molecule has 17 heavy (non-hydrogen) atoms. The van der Waals surface area contributed by atoms with Crippen molar-refractivity contribution >= 4 is 0 Å². The van der Waals surface area contributed by atoms with Crippen LogP contribution in [0.3, 0.4) is 0 Å². The highest BCUT2D eigenvalue weighted by atomic mass is 16.5. The zero-order chi connectivity index (χ0) is 12.4. The number of benzene rings is 1. The Morgan fingerprint density at radius 2 is 2.06 bits per heavy atom. The lowest BCUT2D eigenvalue weighted by atomic mass is 10.0. The molecule has 0 aliphatic heterocycles. The Hall–Kier alpha value is -1.68. The Morgan fingerprint density at radius 1 is 1.29 bits per heavy atom. The zero-order valence-corrected chi connectivity index (χ0v) is 10.3. The van der Waals surface area contributed by atoms with Gasteiger partial charge in [0.15, 0.2) is 5.82 Å². The first-order valence-electron chi connectivity index (χ1n) is 5.63. The van der Waals surface area contributed by atoms with Crippen LogP contribution in [0.1, 0.15) is 41.4 Å². The third-order valence-corrected chi connectivity index (χ3v) is 2.77. The maximum atomic E-state index is 9.29. The number of hydrogen-bond donors (Lipinski definition) is 1. The van der Waals surface area contributed by atoms with Crippen molar-refractivity contribution in [2.45, 2.75) is 33.3 Å². The Balaban J connectivity index is 2.16. The molecule has 4 heteroatoms. The van der Waals surface area contributed by atoms with Crippen molar-refractivity contribution in [3.05, 3.63) is 46.6 Å². The molecule has 0 aliphatic carbocycles. The Labute approximate surface area is 100 Å². The molecule has 2 aromatic rings. The van der Waals surface area contributed by atoms with E-state index in [-0.39, 0.29) is 5.89 Å². The van der Waals surface area contributed by atoms with Gasteiger partial charge in [-0.15, -0.1) is 0 Å². The molecule has 4 nitrogen and oxygen atoms in total. The van der Waals surface area contributed by atoms with Crippen LogP contribution in [-0.2, 0) is 6.42 Å². The summed E-state index contributed by atoms with van der Waals surface area (Å²) in [5.74, 6) is 0.869. The zero-order valence-electron chi connectivity index (χ0n) is 10.3. The third-order valence-electron chi connectivity index (χ3n) is 2.77. The van der Waals surface area contributed by atoms with Crippen LogP contribution in [0.25, 0.3) is 0 Å². The molecule has 1 N–H and O–H groups in total. The average Bonchev–Trinajstić information content (AvgIpc) is 2.72. The maximum absolute atomic E-state index is 9.29. The summed E-state index contributed by atoms with van der Waals surface area (Å²) in [7, 11) is 0. The minimum Gasteiger partial charge on any atom is -0.384 e. The molecule has 0 fully saturated rings. The molecule has 0 spiro atoms. The number of aliphatic hydroxyl groups is 1. The summed E-state index contributed by atoms with van der Waals surface area (Å²) in [6.07, 6.45) is -0.0897. The molecule has 1 aromatic heterocycles. The molecule has 0 radical (unpaired) electrons. The molecule has 0 aliphatic rings. The van der Waals surface area contributed by atoms with Crippen LogP contribution in [0.2, 0.25) is 0 Å². The second-order valence-electron chi connectivity index (χ2n) is 4.32. The summed E-state index contributed by atoms with van der Waals surface area (Å²) in [4.78, 5) is 4.13. The number of nitrogens with zero attached hydrogens (tertiary/aromatic N) is 2. The molecule has 0 amide bonds. The van der Waals surface area contributed by atoms with E-state index in [0.717, 1.165) is 5.56 Å². The Kier molecular flexibility index (Phi) is 3.24. The van der Waals surface area contributed by atoms with E-state index in [4.69, 9.17) is 4.52 Å². The van der Waals surface area contributed by atoms with Gasteiger partial charge in [-0.3, -0.25) is 0 Å². The van der Waals surface area contributed by atoms with E-state index in [0.29, 0.717) is 12.2 Å². The molecule has 1 unspecified atom stereocenters. The van der Waals surface area contributed by atoms with Gasteiger partial charge in [-0.2, -0.15) is 4.98 Å². The highest BCUT2D eigenvalue weighted by Gasteiger charge is 2.11. The molecule has 0 saturated carbocycles. The second kappa shape index (κ2) is 4.67. The summed E-state index contributed by atoms with van der Waals surface area (Å²) in [5, 5.41) is 13.1. The van der Waals surface area contributed by atoms with Gasteiger partial charge in [-0.1, -0.05) is 23.4 Å². The normalized spacial score (nSPS) is 12.7. The van der Waals surface area contributed by atoms with E-state index in [1.165, 1.54) is 11.1 Å². The number of hydrogen-bond acceptors (Lipinski definition) is 4. The summed E-state index contributed by atoms with van der Waals surface area (Å²) in [6, 6.07) is 6.26. The molecular weight excluding hydrogens is 216 g/mol. The highest BCUT2D eigenvalue weighted by Crippen LogP contribution is 2.14. The smallest absolute Gasteiger partial charge is 0.255 e. The van der Waals surface area contributed by atoms with Crippen molar-refractivity contribution < 1.29 is 9.63 Å². The SMILES string of the molecule is Cc1ccc(Cc2noc(C(C)O)n2)cc1C. The minimum atomic E-state index is -0.712. The summed E-state index contributed by atoms with van der Waals surface area (Å²) >= 11 is 0. The van der Waals surface area contributed by atoms with E-state index < -0.39 is 6.10 Å². The second-order valence-corrected chi connectivity index (χ2v) is 4.32. The minimum absolute atomic E-state index is 0.267. The van der Waals surface area contributed by atoms with Crippen molar-refractivity contribution in [3.63, 3.8) is 0 Å². The van der Waals surface area contributed by atoms with E-state index >= 15 is 0 Å². The van der Waals surface area contributed by atoms with Crippen molar-refractivity contribution in [2.75, 3.05) is 0 Å². The fourth-order valence-corrected chi connectivity index (χ4v) is 1.61. The van der Waals surface area contributed by atoms with Gasteiger partial charge in [-0.05, 0) is 37.5 Å². The van der Waals surface area contributed by atoms with Crippen LogP contribution in [0.15, 0.2) is 22.7 Å². The summed E-state index contributed by atoms with van der Waals surface area (Å²) in [6.45, 7) is 5.77. The lowest BCUT2D eigenvalue weighted by molar-refractivity contribution is 0.151. The van der Waals surface area contributed by atoms with Gasteiger partial charge < -0.3 is 9.63 Å². The van der Waals surface area contributed by atoms with Gasteiger partial charge >= 0.3 is 0 Å². The van der Waals surface area contributed by atoms with E-state index in [9.17, 15) is 5.11 Å². The predicted molar refractivity (Wildman–Crippen MR) is 63.7 cm³/mol. The van der Waals surface area contributed by atoms with Crippen molar-refractivity contribution in [1.29, 1.82) is 0 Å². The molecule has 0 bridgehead atoms. The van der Waals surface area contributed by atoms with Crippen molar-refractivity contribution in [2.24, 2.45) is 0 Å². The van der Waals surface area contributed by atoms with Gasteiger partial charge in [0.2, 0.25) is 0 Å². The Bertz CT molecular complexity index is 518. The Morgan fingerprint density at radius 3 is 2.65 bits per heavy atom. The van der Waals surface area contributed by atoms with Crippen LogP contribution >= 0.6 is 0 Å². The molecule has 2 rings (SSSR count). The fraction of sp³-hybridized carbons (Fsp3) is 0.385. The molecule has 1 heterocycles. The molecule has 1 atom stereocenters. The summed E-state index contributed by atoms with van der Waals surface area (Å²) in [5.41, 5.74) is 3.67. The monoisotopic (exact) mass is 232 g/mol. The average molecular weight is 232 g/mol. The van der Waals surface area contributed by atoms with E-state index in [1.807, 2.05) is 0 Å². The first kappa shape index (κ1) is 11.8. The van der Waals surface area contributed by atoms with Gasteiger partial charge in [0.05, 0.1) is 0 Å². The van der Waals surface area contributed by atoms with Gasteiger partial charge in [0, 0.05) is 6.42 Å². The van der Waals surface area contributed by atoms with E-state index in [2.05, 4.69) is 42.2 Å². The van der Waals surface area contributed by atoms with Crippen molar-refractivity contribution in [1.82, 2.24) is 10.1 Å². The van der Waals surface area contributed by atoms with Crippen LogP contribution in [0.4, 0.5) is 0 Å². The van der Waals surface area contributed by atoms with E-state index in [1.54, 1.807) is 6.92 Å². The fourth-order valence-electron chi connectivity index (χ4n) is 1.61. The number of rotatable bonds is 3. The van der Waals surface area contributed by atoms with Crippen LogP contribution in [0.5, 0.6) is 0 Å². The largest absolute Gasteiger partial charge is 0.384 e. The van der Waals surface area contributed by atoms with Crippen LogP contribution in [-0.4, -0.2) is 15.2 Å². The third kappa shape index (κ3) is 2.71. The van der Waals surface area contributed by atoms with Gasteiger partial charge in [0.25, 0.3) is 5.89 Å². The molecule has 90 valence electrons. The lowest BCUT2D eigenvalue weighted by Gasteiger charge is -2.02. The highest BCUT2D eigenvalue weighted by molar-refractivity contribution is 5.31. The first-order chi connectivity index (χ1) is 8.06. The molecule has 0 saturated heterocycles. The summed E-state index contributed by atoms with van der Waals surface area (Å²) < 4.78 is 4.94. The van der Waals surface area contributed by atoms with Crippen molar-refractivity contribution in [3.8, 4) is 0 Å². The maximum Gasteiger partial charge on any atom is 0.255 e. The van der Waals surface area contributed by atoms with Gasteiger partial charge in [0.1, 0.15) is 6.10 Å². The number of aryl methyl sites for hydroxylation is 2. The molecular formula is C13H16N2O2. The number of aliphatic hydroxyl groups excluding tert-OH is 1. The molecule has 1 aromatic carbocycles. The standard InChI is InChI=1S/C13H16N2O2/c1-8-4-5-11(6-9(8)2)7-12-14-13(10(3)16)17-15-12/h4-6,10,16H,7H2,1-3H3. The first-order valence-corrected chi connectivity index (χ1v) is 5.63. The quantitative estimate of drug-likeness (QED) is 0.882. The van der Waals surface area contributed by atoms with Crippen LogP contribution < -0.4 is 0 Å².